The van der Waals surface area contributed by atoms with Crippen LogP contribution in [0.15, 0.2) is 24.3 Å². The quantitative estimate of drug-likeness (QED) is 0.355. The third-order valence-electron chi connectivity index (χ3n) is 4.08. The predicted octanol–water partition coefficient (Wildman–Crippen LogP) is 1.40. The Bertz CT molecular complexity index is 671. The first-order valence-corrected chi connectivity index (χ1v) is 8.65. The Morgan fingerprint density at radius 1 is 0.966 bits per heavy atom. The van der Waals surface area contributed by atoms with Gasteiger partial charge in [0.2, 0.25) is 5.60 Å². The molecule has 0 aromatic heterocycles. The van der Waals surface area contributed by atoms with Crippen LogP contribution >= 0.6 is 0 Å². The summed E-state index contributed by atoms with van der Waals surface area (Å²) in [5.41, 5.74) is -1.90. The zero-order chi connectivity index (χ0) is 21.8. The minimum Gasteiger partial charge on any atom is -0.452 e. The lowest BCUT2D eigenvalue weighted by molar-refractivity contribution is -0.270. The Morgan fingerprint density at radius 3 is 1.72 bits per heavy atom. The highest BCUT2D eigenvalue weighted by molar-refractivity contribution is 5.88. The monoisotopic (exact) mass is 414 g/mol. The number of ether oxygens (including phenoxy) is 7. The van der Waals surface area contributed by atoms with Gasteiger partial charge in [0.05, 0.1) is 0 Å². The molecule has 2 unspecified atom stereocenters. The van der Waals surface area contributed by atoms with Crippen molar-refractivity contribution in [3.8, 4) is 0 Å². The maximum Gasteiger partial charge on any atom is 0.511 e. The van der Waals surface area contributed by atoms with Gasteiger partial charge in [-0.15, -0.1) is 0 Å². The number of esters is 2. The molecule has 0 bridgehead atoms. The standard InChI is InChI=1S/C18H22O11/c1-6-25-18-11(26-13(19)9(2)3)7-23-16(21)28-15(18)29-17(22)24-8-12(18)27-14(20)10(4)5/h11-12,15H,2,4,6-8H2,1,3,5H3. The molecule has 2 aliphatic heterocycles. The van der Waals surface area contributed by atoms with Crippen LogP contribution in [0.1, 0.15) is 20.8 Å². The number of fused-ring (bicyclic) bond motifs is 1. The molecule has 29 heavy (non-hydrogen) atoms. The van der Waals surface area contributed by atoms with Crippen LogP contribution in [0.5, 0.6) is 0 Å². The first-order valence-electron chi connectivity index (χ1n) is 8.65. The summed E-state index contributed by atoms with van der Waals surface area (Å²) in [4.78, 5) is 48.2. The summed E-state index contributed by atoms with van der Waals surface area (Å²) >= 11 is 0. The van der Waals surface area contributed by atoms with Crippen molar-refractivity contribution in [3.63, 3.8) is 0 Å². The Balaban J connectivity index is 2.60. The maximum absolute atomic E-state index is 12.2. The topological polar surface area (TPSA) is 133 Å². The predicted molar refractivity (Wildman–Crippen MR) is 92.4 cm³/mol. The molecule has 0 aromatic carbocycles. The number of rotatable bonds is 6. The summed E-state index contributed by atoms with van der Waals surface area (Å²) in [5.74, 6) is -1.68. The molecule has 2 saturated heterocycles. The molecule has 11 nitrogen and oxygen atoms in total. The highest BCUT2D eigenvalue weighted by Crippen LogP contribution is 2.38. The van der Waals surface area contributed by atoms with Crippen molar-refractivity contribution in [2.75, 3.05) is 19.8 Å². The average molecular weight is 414 g/mol. The fourth-order valence-electron chi connectivity index (χ4n) is 2.73. The molecule has 160 valence electrons. The van der Waals surface area contributed by atoms with Gasteiger partial charge in [-0.2, -0.15) is 0 Å². The molecule has 2 fully saturated rings. The van der Waals surface area contributed by atoms with Gasteiger partial charge in [0.25, 0.3) is 6.29 Å². The first kappa shape index (κ1) is 22.2. The minimum absolute atomic E-state index is 0.0339. The van der Waals surface area contributed by atoms with Crippen molar-refractivity contribution in [1.82, 2.24) is 0 Å². The molecule has 2 heterocycles. The largest absolute Gasteiger partial charge is 0.511 e. The maximum atomic E-state index is 12.2. The fraction of sp³-hybridized carbons (Fsp3) is 0.556. The second kappa shape index (κ2) is 8.95. The zero-order valence-electron chi connectivity index (χ0n) is 16.3. The Morgan fingerprint density at radius 2 is 1.38 bits per heavy atom. The summed E-state index contributed by atoms with van der Waals surface area (Å²) in [6.45, 7) is 10.3. The molecule has 0 aliphatic carbocycles. The average Bonchev–Trinajstić information content (AvgIpc) is 2.84. The van der Waals surface area contributed by atoms with Crippen molar-refractivity contribution < 1.29 is 52.3 Å². The molecule has 0 radical (unpaired) electrons. The Hall–Kier alpha value is -3.08. The molecule has 0 aromatic rings. The molecular formula is C18H22O11. The van der Waals surface area contributed by atoms with Gasteiger partial charge in [0.15, 0.2) is 12.2 Å². The van der Waals surface area contributed by atoms with Crippen LogP contribution in [0.25, 0.3) is 0 Å². The van der Waals surface area contributed by atoms with E-state index in [2.05, 4.69) is 13.2 Å². The third-order valence-corrected chi connectivity index (χ3v) is 4.08. The smallest absolute Gasteiger partial charge is 0.452 e. The number of hydrogen-bond donors (Lipinski definition) is 0. The van der Waals surface area contributed by atoms with Crippen LogP contribution in [-0.2, 0) is 42.7 Å². The number of hydrogen-bond acceptors (Lipinski definition) is 11. The van der Waals surface area contributed by atoms with Gasteiger partial charge < -0.3 is 33.2 Å². The lowest BCUT2D eigenvalue weighted by Crippen LogP contribution is -2.65. The summed E-state index contributed by atoms with van der Waals surface area (Å²) in [6, 6.07) is 0. The normalized spacial score (nSPS) is 28.7. The van der Waals surface area contributed by atoms with E-state index in [-0.39, 0.29) is 17.8 Å². The van der Waals surface area contributed by atoms with Crippen LogP contribution in [0, 0.1) is 0 Å². The molecule has 0 amide bonds. The van der Waals surface area contributed by atoms with E-state index in [0.29, 0.717) is 0 Å². The zero-order valence-corrected chi connectivity index (χ0v) is 16.3. The summed E-state index contributed by atoms with van der Waals surface area (Å²) in [5, 5.41) is 0. The molecule has 2 rings (SSSR count). The summed E-state index contributed by atoms with van der Waals surface area (Å²) < 4.78 is 36.4. The van der Waals surface area contributed by atoms with Crippen LogP contribution in [0.4, 0.5) is 9.59 Å². The molecule has 2 atom stereocenters. The van der Waals surface area contributed by atoms with Gasteiger partial charge >= 0.3 is 24.2 Å². The lowest BCUT2D eigenvalue weighted by atomic mass is 9.88. The molecule has 0 N–H and O–H groups in total. The number of carbonyl (C=O) groups is 4. The molecule has 0 spiro atoms. The van der Waals surface area contributed by atoms with E-state index >= 15 is 0 Å². The van der Waals surface area contributed by atoms with Crippen molar-refractivity contribution >= 4 is 24.2 Å². The van der Waals surface area contributed by atoms with Gasteiger partial charge in [0, 0.05) is 17.8 Å². The highest BCUT2D eigenvalue weighted by Gasteiger charge is 2.64. The van der Waals surface area contributed by atoms with E-state index in [0.717, 1.165) is 0 Å². The second-order valence-electron chi connectivity index (χ2n) is 6.32. The third kappa shape index (κ3) is 4.67. The van der Waals surface area contributed by atoms with E-state index in [1.165, 1.54) is 13.8 Å². The molecule has 11 heteroatoms. The van der Waals surface area contributed by atoms with Crippen LogP contribution in [-0.4, -0.2) is 68.2 Å². The highest BCUT2D eigenvalue weighted by atomic mass is 16.9. The lowest BCUT2D eigenvalue weighted by Gasteiger charge is -2.42. The second-order valence-corrected chi connectivity index (χ2v) is 6.32. The van der Waals surface area contributed by atoms with Gasteiger partial charge in [-0.25, -0.2) is 19.2 Å². The van der Waals surface area contributed by atoms with Crippen LogP contribution in [0.3, 0.4) is 0 Å². The van der Waals surface area contributed by atoms with Gasteiger partial charge in [-0.3, -0.25) is 0 Å². The fourth-order valence-corrected chi connectivity index (χ4v) is 2.73. The van der Waals surface area contributed by atoms with Crippen molar-refractivity contribution in [2.24, 2.45) is 0 Å². The van der Waals surface area contributed by atoms with Crippen LogP contribution < -0.4 is 0 Å². The SMILES string of the molecule is C=C(C)C(=O)OC1COC(=O)OC2OC(=O)OCC(OC(=O)C(=C)C)C12OCC. The Kier molecular flexibility index (Phi) is 6.85. The Labute approximate surface area is 166 Å². The van der Waals surface area contributed by atoms with E-state index in [1.807, 2.05) is 0 Å². The minimum atomic E-state index is -1.98. The number of carbonyl (C=O) groups excluding carboxylic acids is 4. The number of cyclic esters (lactones) is 2. The van der Waals surface area contributed by atoms with Crippen molar-refractivity contribution in [2.45, 2.75) is 44.9 Å². The summed E-state index contributed by atoms with van der Waals surface area (Å²) in [7, 11) is 0. The molecule has 2 aliphatic rings. The van der Waals surface area contributed by atoms with Gasteiger partial charge in [-0.05, 0) is 20.8 Å². The van der Waals surface area contributed by atoms with Crippen LogP contribution in [0.2, 0.25) is 0 Å². The van der Waals surface area contributed by atoms with E-state index in [1.54, 1.807) is 6.92 Å². The van der Waals surface area contributed by atoms with E-state index in [4.69, 9.17) is 33.2 Å². The first-order chi connectivity index (χ1) is 13.6. The van der Waals surface area contributed by atoms with E-state index < -0.39 is 61.6 Å². The van der Waals surface area contributed by atoms with E-state index in [9.17, 15) is 19.2 Å². The molecule has 0 saturated carbocycles. The van der Waals surface area contributed by atoms with Crippen molar-refractivity contribution in [1.29, 1.82) is 0 Å². The van der Waals surface area contributed by atoms with Crippen molar-refractivity contribution in [3.05, 3.63) is 24.3 Å². The molecular weight excluding hydrogens is 392 g/mol. The van der Waals surface area contributed by atoms with Gasteiger partial charge in [0.1, 0.15) is 13.2 Å². The summed E-state index contributed by atoms with van der Waals surface area (Å²) in [6.07, 6.45) is -7.04. The van der Waals surface area contributed by atoms with Gasteiger partial charge in [-0.1, -0.05) is 13.2 Å².